The first-order valence-electron chi connectivity index (χ1n) is 6.49. The van der Waals surface area contributed by atoms with Crippen LogP contribution < -0.4 is 11.1 Å². The van der Waals surface area contributed by atoms with Crippen LogP contribution in [0.4, 0.5) is 18.9 Å². The van der Waals surface area contributed by atoms with E-state index in [1.54, 1.807) is 0 Å². The molecule has 0 fully saturated rings. The van der Waals surface area contributed by atoms with E-state index in [1.165, 1.54) is 5.56 Å². The number of anilines is 1. The quantitative estimate of drug-likeness (QED) is 0.492. The van der Waals surface area contributed by atoms with Crippen LogP contribution in [0, 0.1) is 13.8 Å². The van der Waals surface area contributed by atoms with Crippen LogP contribution in [0.5, 0.6) is 0 Å². The van der Waals surface area contributed by atoms with Crippen molar-refractivity contribution in [1.82, 2.24) is 0 Å². The van der Waals surface area contributed by atoms with Gasteiger partial charge in [-0.3, -0.25) is 4.99 Å². The minimum absolute atomic E-state index is 0.0733. The Morgan fingerprint density at radius 3 is 2.50 bits per heavy atom. The standard InChI is InChI=1S/C14H20F3N3/c1-10-5-6-12(9-11(10)2)20-13(18)19-8-4-3-7-14(15,16)17/h5-6,9H,3-4,7-8H2,1-2H3,(H3,18,19,20). The van der Waals surface area contributed by atoms with E-state index in [-0.39, 0.29) is 12.4 Å². The highest BCUT2D eigenvalue weighted by molar-refractivity contribution is 5.92. The Hall–Kier alpha value is -1.72. The van der Waals surface area contributed by atoms with Crippen molar-refractivity contribution in [3.8, 4) is 0 Å². The summed E-state index contributed by atoms with van der Waals surface area (Å²) in [6.45, 7) is 4.29. The van der Waals surface area contributed by atoms with Crippen LogP contribution in [0.3, 0.4) is 0 Å². The van der Waals surface area contributed by atoms with E-state index in [0.29, 0.717) is 13.0 Å². The van der Waals surface area contributed by atoms with Gasteiger partial charge in [-0.2, -0.15) is 13.2 Å². The monoisotopic (exact) mass is 287 g/mol. The van der Waals surface area contributed by atoms with Gasteiger partial charge < -0.3 is 11.1 Å². The Labute approximate surface area is 117 Å². The van der Waals surface area contributed by atoms with E-state index in [0.717, 1.165) is 11.3 Å². The molecular formula is C14H20F3N3. The number of nitrogens with two attached hydrogens (primary N) is 1. The number of nitrogens with one attached hydrogen (secondary N) is 1. The lowest BCUT2D eigenvalue weighted by molar-refractivity contribution is -0.135. The summed E-state index contributed by atoms with van der Waals surface area (Å²) >= 11 is 0. The molecule has 0 heterocycles. The van der Waals surface area contributed by atoms with Gasteiger partial charge in [-0.15, -0.1) is 0 Å². The van der Waals surface area contributed by atoms with Crippen molar-refractivity contribution in [3.05, 3.63) is 29.3 Å². The molecule has 1 rings (SSSR count). The summed E-state index contributed by atoms with van der Waals surface area (Å²) in [6, 6.07) is 5.80. The summed E-state index contributed by atoms with van der Waals surface area (Å²) in [5, 5.41) is 2.92. The second-order valence-corrected chi connectivity index (χ2v) is 4.76. The zero-order valence-corrected chi connectivity index (χ0v) is 11.7. The largest absolute Gasteiger partial charge is 0.389 e. The molecule has 0 aliphatic carbocycles. The number of unbranched alkanes of at least 4 members (excludes halogenated alkanes) is 1. The van der Waals surface area contributed by atoms with Crippen molar-refractivity contribution < 1.29 is 13.2 Å². The summed E-state index contributed by atoms with van der Waals surface area (Å²) < 4.78 is 35.8. The predicted molar refractivity (Wildman–Crippen MR) is 75.9 cm³/mol. The molecule has 0 amide bonds. The number of hydrogen-bond donors (Lipinski definition) is 2. The topological polar surface area (TPSA) is 50.4 Å². The normalized spacial score (nSPS) is 12.6. The number of hydrogen-bond acceptors (Lipinski definition) is 1. The molecule has 3 N–H and O–H groups in total. The highest BCUT2D eigenvalue weighted by Crippen LogP contribution is 2.22. The fourth-order valence-electron chi connectivity index (χ4n) is 1.64. The predicted octanol–water partition coefficient (Wildman–Crippen LogP) is 3.76. The molecule has 112 valence electrons. The number of halogens is 3. The van der Waals surface area contributed by atoms with Crippen molar-refractivity contribution in [2.75, 3.05) is 11.9 Å². The van der Waals surface area contributed by atoms with Crippen LogP contribution in [0.25, 0.3) is 0 Å². The first-order chi connectivity index (χ1) is 9.28. The second kappa shape index (κ2) is 7.17. The summed E-state index contributed by atoms with van der Waals surface area (Å²) in [4.78, 5) is 4.01. The molecule has 1 aromatic carbocycles. The van der Waals surface area contributed by atoms with Gasteiger partial charge in [0.05, 0.1) is 0 Å². The lowest BCUT2D eigenvalue weighted by Gasteiger charge is -2.08. The molecule has 6 heteroatoms. The van der Waals surface area contributed by atoms with Crippen molar-refractivity contribution in [1.29, 1.82) is 0 Å². The van der Waals surface area contributed by atoms with Gasteiger partial charge in [0.25, 0.3) is 0 Å². The zero-order valence-electron chi connectivity index (χ0n) is 11.7. The van der Waals surface area contributed by atoms with Crippen molar-refractivity contribution in [2.24, 2.45) is 10.7 Å². The summed E-state index contributed by atoms with van der Waals surface area (Å²) in [6.07, 6.45) is -4.42. The van der Waals surface area contributed by atoms with E-state index < -0.39 is 12.6 Å². The van der Waals surface area contributed by atoms with E-state index in [9.17, 15) is 13.2 Å². The first-order valence-corrected chi connectivity index (χ1v) is 6.49. The molecule has 0 atom stereocenters. The molecule has 3 nitrogen and oxygen atoms in total. The second-order valence-electron chi connectivity index (χ2n) is 4.76. The lowest BCUT2D eigenvalue weighted by Crippen LogP contribution is -2.23. The SMILES string of the molecule is Cc1ccc(NC(N)=NCCCCC(F)(F)F)cc1C. The van der Waals surface area contributed by atoms with Crippen LogP contribution in [0.15, 0.2) is 23.2 Å². The fraction of sp³-hybridized carbons (Fsp3) is 0.500. The lowest BCUT2D eigenvalue weighted by atomic mass is 10.1. The minimum Gasteiger partial charge on any atom is -0.370 e. The van der Waals surface area contributed by atoms with Crippen molar-refractivity contribution in [3.63, 3.8) is 0 Å². The molecule has 0 saturated carbocycles. The molecule has 0 aromatic heterocycles. The third-order valence-corrected chi connectivity index (χ3v) is 2.93. The van der Waals surface area contributed by atoms with Gasteiger partial charge in [0.15, 0.2) is 5.96 Å². The number of aryl methyl sites for hydroxylation is 2. The molecule has 0 spiro atoms. The summed E-state index contributed by atoms with van der Waals surface area (Å²) in [5.41, 5.74) is 8.81. The first kappa shape index (κ1) is 16.3. The third kappa shape index (κ3) is 6.45. The maximum absolute atomic E-state index is 11.9. The highest BCUT2D eigenvalue weighted by atomic mass is 19.4. The van der Waals surface area contributed by atoms with Gasteiger partial charge in [0.1, 0.15) is 0 Å². The van der Waals surface area contributed by atoms with E-state index in [2.05, 4.69) is 10.3 Å². The van der Waals surface area contributed by atoms with Crippen LogP contribution in [-0.2, 0) is 0 Å². The van der Waals surface area contributed by atoms with E-state index in [4.69, 9.17) is 5.73 Å². The Balaban J connectivity index is 2.36. The number of aliphatic imine (C=N–C) groups is 1. The maximum atomic E-state index is 11.9. The van der Waals surface area contributed by atoms with Crippen LogP contribution in [-0.4, -0.2) is 18.7 Å². The van der Waals surface area contributed by atoms with E-state index in [1.807, 2.05) is 32.0 Å². The fourth-order valence-corrected chi connectivity index (χ4v) is 1.64. The Bertz CT molecular complexity index is 467. The molecule has 0 bridgehead atoms. The number of benzene rings is 1. The smallest absolute Gasteiger partial charge is 0.370 e. The van der Waals surface area contributed by atoms with Crippen LogP contribution >= 0.6 is 0 Å². The van der Waals surface area contributed by atoms with Crippen molar-refractivity contribution >= 4 is 11.6 Å². The summed E-state index contributed by atoms with van der Waals surface area (Å²) in [5.74, 6) is 0.222. The van der Waals surface area contributed by atoms with Gasteiger partial charge in [0.2, 0.25) is 0 Å². The molecule has 0 saturated heterocycles. The Kier molecular flexibility index (Phi) is 5.85. The molecule has 0 radical (unpaired) electrons. The molecule has 0 unspecified atom stereocenters. The molecule has 1 aromatic rings. The third-order valence-electron chi connectivity index (χ3n) is 2.93. The number of guanidine groups is 1. The number of nitrogens with zero attached hydrogens (tertiary/aromatic N) is 1. The van der Waals surface area contributed by atoms with E-state index >= 15 is 0 Å². The maximum Gasteiger partial charge on any atom is 0.389 e. The average molecular weight is 287 g/mol. The molecule has 0 aliphatic rings. The highest BCUT2D eigenvalue weighted by Gasteiger charge is 2.25. The zero-order chi connectivity index (χ0) is 15.2. The Morgan fingerprint density at radius 1 is 1.20 bits per heavy atom. The van der Waals surface area contributed by atoms with Gasteiger partial charge in [0, 0.05) is 18.7 Å². The summed E-state index contributed by atoms with van der Waals surface area (Å²) in [7, 11) is 0. The minimum atomic E-state index is -4.09. The van der Waals surface area contributed by atoms with Crippen LogP contribution in [0.1, 0.15) is 30.4 Å². The van der Waals surface area contributed by atoms with Gasteiger partial charge >= 0.3 is 6.18 Å². The van der Waals surface area contributed by atoms with Gasteiger partial charge in [-0.1, -0.05) is 6.07 Å². The molecular weight excluding hydrogens is 267 g/mol. The van der Waals surface area contributed by atoms with Gasteiger partial charge in [-0.05, 0) is 49.9 Å². The van der Waals surface area contributed by atoms with Gasteiger partial charge in [-0.25, -0.2) is 0 Å². The average Bonchev–Trinajstić information content (AvgIpc) is 2.32. The molecule has 0 aliphatic heterocycles. The Morgan fingerprint density at radius 2 is 1.90 bits per heavy atom. The van der Waals surface area contributed by atoms with Crippen LogP contribution in [0.2, 0.25) is 0 Å². The number of rotatable bonds is 5. The van der Waals surface area contributed by atoms with Crippen molar-refractivity contribution in [2.45, 2.75) is 39.3 Å². The number of alkyl halides is 3. The molecule has 20 heavy (non-hydrogen) atoms.